The van der Waals surface area contributed by atoms with E-state index < -0.39 is 0 Å². The highest BCUT2D eigenvalue weighted by molar-refractivity contribution is 5.94. The van der Waals surface area contributed by atoms with Gasteiger partial charge in [-0.1, -0.05) is 48.5 Å². The van der Waals surface area contributed by atoms with Crippen LogP contribution < -0.4 is 5.43 Å². The van der Waals surface area contributed by atoms with E-state index in [1.54, 1.807) is 18.4 Å². The lowest BCUT2D eigenvalue weighted by Gasteiger charge is -2.06. The first-order valence-corrected chi connectivity index (χ1v) is 8.77. The van der Waals surface area contributed by atoms with Crippen molar-refractivity contribution in [1.29, 1.82) is 0 Å². The smallest absolute Gasteiger partial charge is 0.267 e. The van der Waals surface area contributed by atoms with Gasteiger partial charge in [-0.3, -0.25) is 9.48 Å². The molecule has 1 aromatic heterocycles. The largest absolute Gasteiger partial charge is 0.271 e. The molecule has 0 saturated carbocycles. The summed E-state index contributed by atoms with van der Waals surface area (Å²) in [6, 6.07) is 19.4. The summed E-state index contributed by atoms with van der Waals surface area (Å²) in [5.41, 5.74) is 7.29. The van der Waals surface area contributed by atoms with Crippen molar-refractivity contribution in [2.24, 2.45) is 5.10 Å². The minimum absolute atomic E-state index is 0.241. The molecule has 0 atom stereocenters. The molecule has 136 valence electrons. The average molecular weight is 358 g/mol. The lowest BCUT2D eigenvalue weighted by Crippen LogP contribution is -2.17. The molecule has 0 saturated heterocycles. The summed E-state index contributed by atoms with van der Waals surface area (Å²) in [5, 5.41) is 8.42. The fourth-order valence-electron chi connectivity index (χ4n) is 2.74. The van der Waals surface area contributed by atoms with Crippen LogP contribution in [0.4, 0.5) is 0 Å². The molecule has 1 amide bonds. The minimum atomic E-state index is -0.241. The van der Waals surface area contributed by atoms with Crippen molar-refractivity contribution in [2.45, 2.75) is 20.4 Å². The molecule has 1 heterocycles. The van der Waals surface area contributed by atoms with Crippen LogP contribution in [0, 0.1) is 13.8 Å². The van der Waals surface area contributed by atoms with Crippen LogP contribution in [0.1, 0.15) is 32.9 Å². The van der Waals surface area contributed by atoms with Gasteiger partial charge in [0.15, 0.2) is 0 Å². The number of hydrazone groups is 1. The molecule has 5 nitrogen and oxygen atoms in total. The summed E-state index contributed by atoms with van der Waals surface area (Å²) in [4.78, 5) is 12.3. The second-order valence-electron chi connectivity index (χ2n) is 6.27. The lowest BCUT2D eigenvalue weighted by molar-refractivity contribution is 0.0955. The molecule has 27 heavy (non-hydrogen) atoms. The average Bonchev–Trinajstić information content (AvgIpc) is 2.99. The summed E-state index contributed by atoms with van der Waals surface area (Å²) in [7, 11) is 0. The Morgan fingerprint density at radius 2 is 1.93 bits per heavy atom. The molecule has 0 radical (unpaired) electrons. The molecule has 3 aromatic rings. The number of carbonyl (C=O) groups is 1. The van der Waals surface area contributed by atoms with Gasteiger partial charge in [0.2, 0.25) is 0 Å². The molecule has 0 fully saturated rings. The highest BCUT2D eigenvalue weighted by atomic mass is 16.2. The normalized spacial score (nSPS) is 11.3. The van der Waals surface area contributed by atoms with Crippen LogP contribution in [0.15, 0.2) is 71.8 Å². The molecule has 5 heteroatoms. The molecular formula is C22H22N4O. The summed E-state index contributed by atoms with van der Waals surface area (Å²) in [6.07, 6.45) is 5.27. The van der Waals surface area contributed by atoms with Gasteiger partial charge in [0.05, 0.1) is 12.2 Å². The Labute approximate surface area is 159 Å². The zero-order valence-corrected chi connectivity index (χ0v) is 15.5. The van der Waals surface area contributed by atoms with Crippen LogP contribution in [0.2, 0.25) is 0 Å². The topological polar surface area (TPSA) is 59.3 Å². The zero-order valence-electron chi connectivity index (χ0n) is 15.5. The van der Waals surface area contributed by atoms with Gasteiger partial charge in [-0.05, 0) is 49.2 Å². The molecule has 1 N–H and O–H groups in total. The third-order valence-electron chi connectivity index (χ3n) is 4.04. The Morgan fingerprint density at radius 1 is 1.11 bits per heavy atom. The molecule has 0 aliphatic heterocycles. The standard InChI is InChI=1S/C22H22N4O/c1-17-14-18(2)26(25-17)16-20-10-6-12-21(15-20)22(27)24-23-13-7-11-19-8-4-3-5-9-19/h3-15H,16H2,1-2H3,(H,24,27). The van der Waals surface area contributed by atoms with Crippen LogP contribution in [0.3, 0.4) is 0 Å². The van der Waals surface area contributed by atoms with E-state index in [0.717, 1.165) is 22.5 Å². The van der Waals surface area contributed by atoms with Gasteiger partial charge < -0.3 is 0 Å². The fraction of sp³-hybridized carbons (Fsp3) is 0.136. The van der Waals surface area contributed by atoms with Gasteiger partial charge in [-0.15, -0.1) is 0 Å². The molecule has 0 aliphatic carbocycles. The van der Waals surface area contributed by atoms with Crippen LogP contribution in [-0.2, 0) is 6.54 Å². The lowest BCUT2D eigenvalue weighted by atomic mass is 10.1. The van der Waals surface area contributed by atoms with E-state index in [1.807, 2.05) is 79.2 Å². The molecular weight excluding hydrogens is 336 g/mol. The van der Waals surface area contributed by atoms with E-state index in [9.17, 15) is 4.79 Å². The summed E-state index contributed by atoms with van der Waals surface area (Å²) < 4.78 is 1.93. The molecule has 0 unspecified atom stereocenters. The first-order chi connectivity index (χ1) is 13.1. The minimum Gasteiger partial charge on any atom is -0.267 e. The fourth-order valence-corrected chi connectivity index (χ4v) is 2.74. The predicted octanol–water partition coefficient (Wildman–Crippen LogP) is 3.98. The van der Waals surface area contributed by atoms with E-state index in [2.05, 4.69) is 15.6 Å². The summed E-state index contributed by atoms with van der Waals surface area (Å²) in [5.74, 6) is -0.241. The van der Waals surface area contributed by atoms with Crippen molar-refractivity contribution in [1.82, 2.24) is 15.2 Å². The first-order valence-electron chi connectivity index (χ1n) is 8.77. The Kier molecular flexibility index (Phi) is 5.94. The van der Waals surface area contributed by atoms with Crippen molar-refractivity contribution >= 4 is 18.2 Å². The maximum atomic E-state index is 12.3. The van der Waals surface area contributed by atoms with Crippen molar-refractivity contribution in [3.05, 3.63) is 94.8 Å². The summed E-state index contributed by atoms with van der Waals surface area (Å²) in [6.45, 7) is 4.62. The van der Waals surface area contributed by atoms with Crippen molar-refractivity contribution in [3.8, 4) is 0 Å². The SMILES string of the molecule is Cc1cc(C)n(Cc2cccc(C(=O)NN=CC=Cc3ccccc3)c2)n1. The molecule has 2 aromatic carbocycles. The van der Waals surface area contributed by atoms with E-state index in [-0.39, 0.29) is 5.91 Å². The van der Waals surface area contributed by atoms with E-state index >= 15 is 0 Å². The van der Waals surface area contributed by atoms with Crippen LogP contribution in [-0.4, -0.2) is 21.9 Å². The molecule has 0 spiro atoms. The Balaban J connectivity index is 1.59. The number of hydrogen-bond donors (Lipinski definition) is 1. The number of nitrogens with zero attached hydrogens (tertiary/aromatic N) is 3. The Bertz CT molecular complexity index is 971. The first kappa shape index (κ1) is 18.3. The van der Waals surface area contributed by atoms with Gasteiger partial charge >= 0.3 is 0 Å². The van der Waals surface area contributed by atoms with Gasteiger partial charge in [-0.2, -0.15) is 10.2 Å². The number of nitrogens with one attached hydrogen (secondary N) is 1. The molecule has 0 bridgehead atoms. The predicted molar refractivity (Wildman–Crippen MR) is 109 cm³/mol. The number of hydrogen-bond acceptors (Lipinski definition) is 3. The maximum Gasteiger partial charge on any atom is 0.271 e. The Morgan fingerprint density at radius 3 is 2.67 bits per heavy atom. The molecule has 0 aliphatic rings. The van der Waals surface area contributed by atoms with E-state index in [4.69, 9.17) is 0 Å². The van der Waals surface area contributed by atoms with Gasteiger partial charge in [0.1, 0.15) is 0 Å². The van der Waals surface area contributed by atoms with Crippen LogP contribution >= 0.6 is 0 Å². The second kappa shape index (κ2) is 8.76. The number of rotatable bonds is 6. The van der Waals surface area contributed by atoms with Gasteiger partial charge in [0.25, 0.3) is 5.91 Å². The van der Waals surface area contributed by atoms with Crippen molar-refractivity contribution in [2.75, 3.05) is 0 Å². The number of carbonyl (C=O) groups excluding carboxylic acids is 1. The number of aromatic nitrogens is 2. The maximum absolute atomic E-state index is 12.3. The van der Waals surface area contributed by atoms with Gasteiger partial charge in [-0.25, -0.2) is 5.43 Å². The van der Waals surface area contributed by atoms with Crippen molar-refractivity contribution < 1.29 is 4.79 Å². The second-order valence-corrected chi connectivity index (χ2v) is 6.27. The molecule has 3 rings (SSSR count). The number of allylic oxidation sites excluding steroid dienone is 1. The van der Waals surface area contributed by atoms with Crippen LogP contribution in [0.25, 0.3) is 6.08 Å². The number of amides is 1. The number of aryl methyl sites for hydroxylation is 2. The number of benzene rings is 2. The van der Waals surface area contributed by atoms with Crippen molar-refractivity contribution in [3.63, 3.8) is 0 Å². The van der Waals surface area contributed by atoms with E-state index in [1.165, 1.54) is 0 Å². The Hall–Kier alpha value is -3.47. The highest BCUT2D eigenvalue weighted by Crippen LogP contribution is 2.10. The quantitative estimate of drug-likeness (QED) is 0.535. The third kappa shape index (κ3) is 5.25. The summed E-state index contributed by atoms with van der Waals surface area (Å²) >= 11 is 0. The zero-order chi connectivity index (χ0) is 19.1. The third-order valence-corrected chi connectivity index (χ3v) is 4.04. The highest BCUT2D eigenvalue weighted by Gasteiger charge is 2.07. The van der Waals surface area contributed by atoms with Gasteiger partial charge in [0, 0.05) is 17.5 Å². The van der Waals surface area contributed by atoms with E-state index in [0.29, 0.717) is 12.1 Å². The monoisotopic (exact) mass is 358 g/mol. The van der Waals surface area contributed by atoms with Crippen LogP contribution in [0.5, 0.6) is 0 Å².